The molecule has 4 heteroatoms. The molecule has 100 valence electrons. The van der Waals surface area contributed by atoms with Gasteiger partial charge >= 0.3 is 5.97 Å². The van der Waals surface area contributed by atoms with Crippen LogP contribution in [-0.4, -0.2) is 20.9 Å². The number of hydrogen-bond donors (Lipinski definition) is 1. The van der Waals surface area contributed by atoms with Gasteiger partial charge in [-0.2, -0.15) is 5.10 Å². The number of hydrogen-bond acceptors (Lipinski definition) is 2. The number of benzene rings is 1. The fraction of sp³-hybridized carbons (Fsp3) is 0.333. The number of nitrogens with zero attached hydrogens (tertiary/aromatic N) is 2. The molecule has 19 heavy (non-hydrogen) atoms. The molecule has 4 nitrogen and oxygen atoms in total. The lowest BCUT2D eigenvalue weighted by molar-refractivity contribution is 0.0690. The lowest BCUT2D eigenvalue weighted by Gasteiger charge is -2.13. The Morgan fingerprint density at radius 1 is 1.32 bits per heavy atom. The van der Waals surface area contributed by atoms with Gasteiger partial charge in [-0.15, -0.1) is 0 Å². The van der Waals surface area contributed by atoms with Crippen molar-refractivity contribution < 1.29 is 9.90 Å². The molecule has 0 saturated carbocycles. The molecule has 0 aliphatic rings. The maximum atomic E-state index is 11.1. The smallest absolute Gasteiger partial charge is 0.356 e. The van der Waals surface area contributed by atoms with E-state index in [0.717, 1.165) is 16.9 Å². The lowest BCUT2D eigenvalue weighted by Crippen LogP contribution is -2.07. The number of carbonyl (C=O) groups is 1. The maximum absolute atomic E-state index is 11.1. The van der Waals surface area contributed by atoms with Crippen LogP contribution in [0, 0.1) is 13.8 Å². The first kappa shape index (κ1) is 13.3. The molecule has 2 rings (SSSR count). The number of carboxylic acids is 1. The summed E-state index contributed by atoms with van der Waals surface area (Å²) in [4.78, 5) is 11.1. The normalized spacial score (nSPS) is 11.0. The van der Waals surface area contributed by atoms with Crippen molar-refractivity contribution >= 4 is 5.97 Å². The van der Waals surface area contributed by atoms with Crippen molar-refractivity contribution in [3.05, 3.63) is 46.8 Å². The van der Waals surface area contributed by atoms with E-state index in [9.17, 15) is 4.79 Å². The van der Waals surface area contributed by atoms with Crippen LogP contribution >= 0.6 is 0 Å². The van der Waals surface area contributed by atoms with Crippen molar-refractivity contribution in [3.8, 4) is 5.69 Å². The maximum Gasteiger partial charge on any atom is 0.356 e. The fourth-order valence-electron chi connectivity index (χ4n) is 2.07. The molecule has 0 fully saturated rings. The van der Waals surface area contributed by atoms with Crippen molar-refractivity contribution in [3.63, 3.8) is 0 Å². The second-order valence-electron chi connectivity index (χ2n) is 5.05. The molecule has 0 amide bonds. The molecule has 0 spiro atoms. The molecule has 1 aromatic heterocycles. The van der Waals surface area contributed by atoms with Gasteiger partial charge in [0.1, 0.15) is 0 Å². The first-order valence-electron chi connectivity index (χ1n) is 6.31. The fourth-order valence-corrected chi connectivity index (χ4v) is 2.07. The third-order valence-corrected chi connectivity index (χ3v) is 3.35. The highest BCUT2D eigenvalue weighted by atomic mass is 16.4. The van der Waals surface area contributed by atoms with Gasteiger partial charge in [-0.05, 0) is 43.0 Å². The average molecular weight is 258 g/mol. The zero-order valence-electron chi connectivity index (χ0n) is 11.6. The highest BCUT2D eigenvalue weighted by Crippen LogP contribution is 2.24. The molecule has 2 aromatic rings. The molecule has 1 N–H and O–H groups in total. The molecule has 0 aliphatic heterocycles. The topological polar surface area (TPSA) is 55.1 Å². The van der Waals surface area contributed by atoms with Crippen LogP contribution in [0.1, 0.15) is 47.1 Å². The van der Waals surface area contributed by atoms with Gasteiger partial charge < -0.3 is 5.11 Å². The second kappa shape index (κ2) is 4.88. The van der Waals surface area contributed by atoms with E-state index in [0.29, 0.717) is 0 Å². The van der Waals surface area contributed by atoms with E-state index < -0.39 is 5.97 Å². The van der Waals surface area contributed by atoms with Crippen molar-refractivity contribution in [1.29, 1.82) is 0 Å². The van der Waals surface area contributed by atoms with Crippen LogP contribution in [0.2, 0.25) is 0 Å². The van der Waals surface area contributed by atoms with Crippen LogP contribution in [0.25, 0.3) is 5.69 Å². The van der Waals surface area contributed by atoms with Crippen molar-refractivity contribution in [1.82, 2.24) is 9.78 Å². The summed E-state index contributed by atoms with van der Waals surface area (Å²) in [7, 11) is 0. The van der Waals surface area contributed by atoms with Gasteiger partial charge in [0.05, 0.1) is 5.69 Å². The van der Waals surface area contributed by atoms with E-state index >= 15 is 0 Å². The Morgan fingerprint density at radius 2 is 2.00 bits per heavy atom. The number of carboxylic acid groups (broad SMARTS) is 1. The minimum Gasteiger partial charge on any atom is -0.476 e. The number of aromatic carboxylic acids is 1. The molecule has 0 unspecified atom stereocenters. The molecule has 1 heterocycles. The van der Waals surface area contributed by atoms with E-state index in [1.165, 1.54) is 5.56 Å². The summed E-state index contributed by atoms with van der Waals surface area (Å²) in [6, 6.07) is 7.61. The van der Waals surface area contributed by atoms with Gasteiger partial charge in [-0.1, -0.05) is 26.0 Å². The van der Waals surface area contributed by atoms with Crippen LogP contribution in [0.4, 0.5) is 0 Å². The molecule has 1 aromatic carbocycles. The van der Waals surface area contributed by atoms with Gasteiger partial charge in [-0.3, -0.25) is 0 Å². The summed E-state index contributed by atoms with van der Waals surface area (Å²) < 4.78 is 1.75. The van der Waals surface area contributed by atoms with Gasteiger partial charge in [0.15, 0.2) is 5.69 Å². The van der Waals surface area contributed by atoms with E-state index in [1.54, 1.807) is 10.7 Å². The van der Waals surface area contributed by atoms with Crippen LogP contribution in [-0.2, 0) is 0 Å². The zero-order valence-corrected chi connectivity index (χ0v) is 11.6. The average Bonchev–Trinajstić information content (AvgIpc) is 2.77. The van der Waals surface area contributed by atoms with Gasteiger partial charge in [0, 0.05) is 5.69 Å². The Kier molecular flexibility index (Phi) is 3.42. The highest BCUT2D eigenvalue weighted by molar-refractivity contribution is 5.85. The van der Waals surface area contributed by atoms with Crippen LogP contribution < -0.4 is 0 Å². The Bertz CT molecular complexity index is 627. The standard InChI is InChI=1S/C15H18N2O2/c1-9(2)14-8-12(15(18)19)16-17(14)13-7-5-6-10(3)11(13)4/h5-9H,1-4H3,(H,18,19). The minimum absolute atomic E-state index is 0.0876. The lowest BCUT2D eigenvalue weighted by atomic mass is 10.1. The number of rotatable bonds is 3. The summed E-state index contributed by atoms with van der Waals surface area (Å²) in [5.74, 6) is -0.786. The minimum atomic E-state index is -0.994. The molecule has 0 bridgehead atoms. The van der Waals surface area contributed by atoms with Crippen molar-refractivity contribution in [2.75, 3.05) is 0 Å². The first-order chi connectivity index (χ1) is 8.91. The van der Waals surface area contributed by atoms with Gasteiger partial charge in [0.25, 0.3) is 0 Å². The van der Waals surface area contributed by atoms with Crippen LogP contribution in [0.5, 0.6) is 0 Å². The van der Waals surface area contributed by atoms with Crippen LogP contribution in [0.3, 0.4) is 0 Å². The quantitative estimate of drug-likeness (QED) is 0.918. The first-order valence-corrected chi connectivity index (χ1v) is 6.31. The Balaban J connectivity index is 2.67. The molecular weight excluding hydrogens is 240 g/mol. The molecule has 0 atom stereocenters. The third kappa shape index (κ3) is 2.38. The monoisotopic (exact) mass is 258 g/mol. The van der Waals surface area contributed by atoms with E-state index in [-0.39, 0.29) is 11.6 Å². The molecule has 0 radical (unpaired) electrons. The predicted molar refractivity (Wildman–Crippen MR) is 74.1 cm³/mol. The summed E-state index contributed by atoms with van der Waals surface area (Å²) in [6.07, 6.45) is 0. The van der Waals surface area contributed by atoms with Crippen molar-refractivity contribution in [2.45, 2.75) is 33.6 Å². The molecule has 0 aliphatic carbocycles. The Morgan fingerprint density at radius 3 is 2.58 bits per heavy atom. The summed E-state index contributed by atoms with van der Waals surface area (Å²) in [5.41, 5.74) is 4.22. The Hall–Kier alpha value is -2.10. The van der Waals surface area contributed by atoms with E-state index in [1.807, 2.05) is 45.9 Å². The summed E-state index contributed by atoms with van der Waals surface area (Å²) in [6.45, 7) is 8.13. The Labute approximate surface area is 112 Å². The molecule has 0 saturated heterocycles. The summed E-state index contributed by atoms with van der Waals surface area (Å²) >= 11 is 0. The predicted octanol–water partition coefficient (Wildman–Crippen LogP) is 3.31. The zero-order chi connectivity index (χ0) is 14.2. The van der Waals surface area contributed by atoms with Gasteiger partial charge in [0.2, 0.25) is 0 Å². The number of aromatic nitrogens is 2. The van der Waals surface area contributed by atoms with Crippen LogP contribution in [0.15, 0.2) is 24.3 Å². The SMILES string of the molecule is Cc1cccc(-n2nc(C(=O)O)cc2C(C)C)c1C. The van der Waals surface area contributed by atoms with E-state index in [2.05, 4.69) is 5.10 Å². The highest BCUT2D eigenvalue weighted by Gasteiger charge is 2.17. The summed E-state index contributed by atoms with van der Waals surface area (Å²) in [5, 5.41) is 13.3. The largest absolute Gasteiger partial charge is 0.476 e. The second-order valence-corrected chi connectivity index (χ2v) is 5.05. The molecular formula is C15H18N2O2. The van der Waals surface area contributed by atoms with E-state index in [4.69, 9.17) is 5.11 Å². The third-order valence-electron chi connectivity index (χ3n) is 3.35. The number of aryl methyl sites for hydroxylation is 1. The van der Waals surface area contributed by atoms with Crippen molar-refractivity contribution in [2.24, 2.45) is 0 Å². The van der Waals surface area contributed by atoms with Gasteiger partial charge in [-0.25, -0.2) is 9.48 Å².